The van der Waals surface area contributed by atoms with Crippen molar-refractivity contribution in [1.29, 1.82) is 0 Å². The number of aromatic nitrogens is 3. The molecule has 0 atom stereocenters. The average Bonchev–Trinajstić information content (AvgIpc) is 3.13. The largest absolute Gasteiger partial charge is 0.497 e. The monoisotopic (exact) mass is 386 g/mol. The summed E-state index contributed by atoms with van der Waals surface area (Å²) >= 11 is 0. The number of aryl methyl sites for hydroxylation is 1. The minimum atomic E-state index is -0.579. The lowest BCUT2D eigenvalue weighted by Gasteiger charge is -2.03. The summed E-state index contributed by atoms with van der Waals surface area (Å²) in [7, 11) is 1.63. The minimum Gasteiger partial charge on any atom is -0.497 e. The summed E-state index contributed by atoms with van der Waals surface area (Å²) in [4.78, 5) is 20.7. The number of rotatable bonds is 5. The van der Waals surface area contributed by atoms with Crippen LogP contribution in [0.2, 0.25) is 0 Å². The predicted octanol–water partition coefficient (Wildman–Crippen LogP) is 3.87. The van der Waals surface area contributed by atoms with E-state index in [1.165, 1.54) is 0 Å². The van der Waals surface area contributed by atoms with Gasteiger partial charge in [-0.15, -0.1) is 0 Å². The van der Waals surface area contributed by atoms with Gasteiger partial charge in [0.05, 0.1) is 12.6 Å². The summed E-state index contributed by atoms with van der Waals surface area (Å²) in [6.45, 7) is 1.65. The number of benzene rings is 2. The molecule has 29 heavy (non-hydrogen) atoms. The molecule has 0 spiro atoms. The molecule has 4 rings (SSSR count). The number of amides is 1. The van der Waals surface area contributed by atoms with E-state index in [1.54, 1.807) is 20.2 Å². The standard InChI is InChI=1S/C22H18N4O3/c1-13-20(22(23)27)21(26-29-13)15-6-7-16-12-24-19(25-18(16)11-15)10-5-14-3-8-17(28-2)9-4-14/h3-12H,1-2H3,(H2,23,27). The van der Waals surface area contributed by atoms with Gasteiger partial charge in [-0.3, -0.25) is 4.79 Å². The highest BCUT2D eigenvalue weighted by Gasteiger charge is 2.19. The molecule has 0 aliphatic carbocycles. The topological polar surface area (TPSA) is 104 Å². The number of hydrogen-bond acceptors (Lipinski definition) is 6. The van der Waals surface area contributed by atoms with E-state index in [2.05, 4.69) is 15.1 Å². The lowest BCUT2D eigenvalue weighted by molar-refractivity contribution is 0.0999. The predicted molar refractivity (Wildman–Crippen MR) is 110 cm³/mol. The second kappa shape index (κ2) is 7.55. The van der Waals surface area contributed by atoms with Gasteiger partial charge in [-0.1, -0.05) is 35.5 Å². The summed E-state index contributed by atoms with van der Waals surface area (Å²) in [5.74, 6) is 1.18. The van der Waals surface area contributed by atoms with E-state index in [0.717, 1.165) is 22.2 Å². The number of carbonyl (C=O) groups is 1. The highest BCUT2D eigenvalue weighted by Crippen LogP contribution is 2.27. The summed E-state index contributed by atoms with van der Waals surface area (Å²) in [6.07, 6.45) is 5.52. The van der Waals surface area contributed by atoms with Crippen LogP contribution in [0, 0.1) is 6.92 Å². The van der Waals surface area contributed by atoms with Crippen molar-refractivity contribution in [2.24, 2.45) is 5.73 Å². The number of hydrogen-bond donors (Lipinski definition) is 1. The van der Waals surface area contributed by atoms with Crippen LogP contribution < -0.4 is 10.5 Å². The van der Waals surface area contributed by atoms with Gasteiger partial charge in [0.2, 0.25) is 0 Å². The van der Waals surface area contributed by atoms with Crippen molar-refractivity contribution in [3.8, 4) is 17.0 Å². The van der Waals surface area contributed by atoms with Gasteiger partial charge in [-0.25, -0.2) is 9.97 Å². The summed E-state index contributed by atoms with van der Waals surface area (Å²) in [6, 6.07) is 13.2. The lowest BCUT2D eigenvalue weighted by Crippen LogP contribution is -2.12. The number of methoxy groups -OCH3 is 1. The molecule has 7 heteroatoms. The Kier molecular flexibility index (Phi) is 4.78. The molecule has 2 aromatic heterocycles. The quantitative estimate of drug-likeness (QED) is 0.558. The molecular weight excluding hydrogens is 368 g/mol. The summed E-state index contributed by atoms with van der Waals surface area (Å²) in [5.41, 5.74) is 8.58. The minimum absolute atomic E-state index is 0.276. The molecule has 0 fully saturated rings. The molecule has 0 saturated carbocycles. The van der Waals surface area contributed by atoms with E-state index >= 15 is 0 Å². The molecule has 0 saturated heterocycles. The van der Waals surface area contributed by atoms with Gasteiger partial charge >= 0.3 is 0 Å². The first-order valence-electron chi connectivity index (χ1n) is 8.90. The van der Waals surface area contributed by atoms with Gasteiger partial charge < -0.3 is 15.0 Å². The van der Waals surface area contributed by atoms with Crippen molar-refractivity contribution in [2.45, 2.75) is 6.92 Å². The van der Waals surface area contributed by atoms with Gasteiger partial charge in [0.1, 0.15) is 22.8 Å². The Labute approximate surface area is 166 Å². The molecule has 2 heterocycles. The first kappa shape index (κ1) is 18.4. The zero-order chi connectivity index (χ0) is 20.4. The van der Waals surface area contributed by atoms with Crippen LogP contribution in [-0.2, 0) is 0 Å². The Balaban J connectivity index is 1.68. The number of ether oxygens (including phenoxy) is 1. The normalized spacial score (nSPS) is 11.2. The molecule has 0 bridgehead atoms. The summed E-state index contributed by atoms with van der Waals surface area (Å²) < 4.78 is 10.3. The van der Waals surface area contributed by atoms with Crippen LogP contribution in [-0.4, -0.2) is 28.1 Å². The van der Waals surface area contributed by atoms with E-state index < -0.39 is 5.91 Å². The van der Waals surface area contributed by atoms with Crippen molar-refractivity contribution < 1.29 is 14.1 Å². The van der Waals surface area contributed by atoms with Crippen LogP contribution in [0.3, 0.4) is 0 Å². The van der Waals surface area contributed by atoms with Crippen LogP contribution in [0.15, 0.2) is 53.2 Å². The van der Waals surface area contributed by atoms with Crippen LogP contribution >= 0.6 is 0 Å². The zero-order valence-electron chi connectivity index (χ0n) is 15.9. The Morgan fingerprint density at radius 3 is 2.66 bits per heavy atom. The maximum absolute atomic E-state index is 11.7. The molecule has 0 aliphatic heterocycles. The molecule has 144 valence electrons. The number of nitrogens with zero attached hydrogens (tertiary/aromatic N) is 3. The Morgan fingerprint density at radius 1 is 1.14 bits per heavy atom. The zero-order valence-corrected chi connectivity index (χ0v) is 15.9. The second-order valence-corrected chi connectivity index (χ2v) is 6.43. The number of carbonyl (C=O) groups excluding carboxylic acids is 1. The van der Waals surface area contributed by atoms with Gasteiger partial charge in [0, 0.05) is 17.1 Å². The first-order chi connectivity index (χ1) is 14.0. The fourth-order valence-electron chi connectivity index (χ4n) is 3.01. The maximum atomic E-state index is 11.7. The van der Waals surface area contributed by atoms with Crippen molar-refractivity contribution in [2.75, 3.05) is 7.11 Å². The Morgan fingerprint density at radius 2 is 1.93 bits per heavy atom. The molecule has 2 aromatic carbocycles. The van der Waals surface area contributed by atoms with Gasteiger partial charge in [-0.05, 0) is 36.8 Å². The van der Waals surface area contributed by atoms with E-state index in [-0.39, 0.29) is 5.56 Å². The molecular formula is C22H18N4O3. The highest BCUT2D eigenvalue weighted by molar-refractivity contribution is 6.00. The number of nitrogens with two attached hydrogens (primary N) is 1. The summed E-state index contributed by atoms with van der Waals surface area (Å²) in [5, 5.41) is 4.85. The lowest BCUT2D eigenvalue weighted by atomic mass is 10.0. The average molecular weight is 386 g/mol. The van der Waals surface area contributed by atoms with E-state index in [1.807, 2.05) is 54.6 Å². The molecule has 7 nitrogen and oxygen atoms in total. The van der Waals surface area contributed by atoms with Crippen molar-refractivity contribution >= 4 is 29.0 Å². The van der Waals surface area contributed by atoms with E-state index in [0.29, 0.717) is 22.8 Å². The molecule has 1 amide bonds. The van der Waals surface area contributed by atoms with Crippen LogP contribution in [0.4, 0.5) is 0 Å². The molecule has 0 aliphatic rings. The van der Waals surface area contributed by atoms with Crippen molar-refractivity contribution in [3.63, 3.8) is 0 Å². The van der Waals surface area contributed by atoms with Crippen molar-refractivity contribution in [3.05, 3.63) is 71.4 Å². The van der Waals surface area contributed by atoms with Gasteiger partial charge in [-0.2, -0.15) is 0 Å². The fraction of sp³-hybridized carbons (Fsp3) is 0.0909. The highest BCUT2D eigenvalue weighted by atomic mass is 16.5. The third-order valence-electron chi connectivity index (χ3n) is 4.52. The SMILES string of the molecule is COc1ccc(C=Cc2ncc3ccc(-c4noc(C)c4C(N)=O)cc3n2)cc1. The fourth-order valence-corrected chi connectivity index (χ4v) is 3.01. The smallest absolute Gasteiger partial charge is 0.254 e. The van der Waals surface area contributed by atoms with Gasteiger partial charge in [0.15, 0.2) is 5.82 Å². The van der Waals surface area contributed by atoms with Crippen LogP contribution in [0.25, 0.3) is 34.3 Å². The maximum Gasteiger partial charge on any atom is 0.254 e. The van der Waals surface area contributed by atoms with Gasteiger partial charge in [0.25, 0.3) is 5.91 Å². The first-order valence-corrected chi connectivity index (χ1v) is 8.90. The Hall–Kier alpha value is -4.00. The molecule has 4 aromatic rings. The molecule has 2 N–H and O–H groups in total. The van der Waals surface area contributed by atoms with E-state index in [9.17, 15) is 4.79 Å². The third kappa shape index (κ3) is 3.70. The second-order valence-electron chi connectivity index (χ2n) is 6.43. The van der Waals surface area contributed by atoms with Crippen molar-refractivity contribution in [1.82, 2.24) is 15.1 Å². The van der Waals surface area contributed by atoms with Crippen LogP contribution in [0.5, 0.6) is 5.75 Å². The number of primary amides is 1. The third-order valence-corrected chi connectivity index (χ3v) is 4.52. The molecule has 0 radical (unpaired) electrons. The number of fused-ring (bicyclic) bond motifs is 1. The van der Waals surface area contributed by atoms with Crippen LogP contribution in [0.1, 0.15) is 27.5 Å². The van der Waals surface area contributed by atoms with E-state index in [4.69, 9.17) is 15.0 Å². The molecule has 0 unspecified atom stereocenters. The Bertz CT molecular complexity index is 1230.